The van der Waals surface area contributed by atoms with E-state index < -0.39 is 22.6 Å². The Hall–Kier alpha value is -3.22. The number of rotatable bonds is 30. The lowest BCUT2D eigenvalue weighted by molar-refractivity contribution is -0.117. The number of hydrogen-bond acceptors (Lipinski definition) is 4. The van der Waals surface area contributed by atoms with Crippen LogP contribution in [0.25, 0.3) is 0 Å². The van der Waals surface area contributed by atoms with Crippen molar-refractivity contribution in [2.24, 2.45) is 0 Å². The molecule has 0 saturated heterocycles. The first-order valence-electron chi connectivity index (χ1n) is 26.0. The summed E-state index contributed by atoms with van der Waals surface area (Å²) in [4.78, 5) is 60.7. The second-order valence-corrected chi connectivity index (χ2v) is 22.0. The third-order valence-electron chi connectivity index (χ3n) is 13.9. The quantitative estimate of drug-likeness (QED) is 0.0338. The first-order chi connectivity index (χ1) is 31.3. The third-order valence-corrected chi connectivity index (χ3v) is 14.3. The molecule has 0 saturated carbocycles. The summed E-state index contributed by atoms with van der Waals surface area (Å²) in [6, 6.07) is 16.5. The molecule has 0 radical (unpaired) electrons. The third kappa shape index (κ3) is 18.4. The van der Waals surface area contributed by atoms with Crippen molar-refractivity contribution < 1.29 is 19.2 Å². The van der Waals surface area contributed by atoms with E-state index in [4.69, 9.17) is 23.2 Å². The van der Waals surface area contributed by atoms with Gasteiger partial charge < -0.3 is 9.80 Å². The monoisotopic (exact) mass is 947 g/mol. The molecule has 368 valence electrons. The number of carbonyl (C=O) groups is 4. The predicted octanol–water partition coefficient (Wildman–Crippen LogP) is 17.1. The van der Waals surface area contributed by atoms with E-state index in [1.807, 2.05) is 38.1 Å². The highest BCUT2D eigenvalue weighted by Crippen LogP contribution is 2.41. The molecule has 2 atom stereocenters. The van der Waals surface area contributed by atoms with Crippen molar-refractivity contribution in [1.82, 2.24) is 9.80 Å². The Morgan fingerprint density at radius 2 is 0.712 bits per heavy atom. The molecule has 2 aromatic rings. The van der Waals surface area contributed by atoms with Gasteiger partial charge in [-0.3, -0.25) is 19.2 Å². The predicted molar refractivity (Wildman–Crippen MR) is 281 cm³/mol. The maximum absolute atomic E-state index is 15.6. The first kappa shape index (κ1) is 57.1. The van der Waals surface area contributed by atoms with Gasteiger partial charge >= 0.3 is 10.7 Å². The number of unbranched alkanes of at least 4 members (excludes halogenated alkanes) is 18. The van der Waals surface area contributed by atoms with Crippen molar-refractivity contribution >= 4 is 45.5 Å². The highest BCUT2D eigenvalue weighted by atomic mass is 35.5. The molecular formula is C58H88Cl2N2O4. The van der Waals surface area contributed by atoms with E-state index in [9.17, 15) is 9.59 Å². The van der Waals surface area contributed by atoms with Gasteiger partial charge in [-0.25, -0.2) is 0 Å². The van der Waals surface area contributed by atoms with E-state index in [1.165, 1.54) is 86.8 Å². The normalized spacial score (nSPS) is 14.5. The molecule has 0 bridgehead atoms. The van der Waals surface area contributed by atoms with Crippen molar-refractivity contribution in [3.05, 3.63) is 93.1 Å². The number of halogens is 2. The smallest absolute Gasteiger partial charge is 0.316 e. The lowest BCUT2D eigenvalue weighted by Gasteiger charge is -2.34. The van der Waals surface area contributed by atoms with Crippen molar-refractivity contribution in [1.29, 1.82) is 0 Å². The maximum atomic E-state index is 15.6. The number of hydrogen-bond donors (Lipinski definition) is 0. The van der Waals surface area contributed by atoms with Gasteiger partial charge in [0.25, 0.3) is 0 Å². The lowest BCUT2D eigenvalue weighted by Crippen LogP contribution is -2.40. The molecule has 6 nitrogen and oxygen atoms in total. The molecule has 0 fully saturated rings. The fourth-order valence-electron chi connectivity index (χ4n) is 9.37. The first-order valence-corrected chi connectivity index (χ1v) is 26.7. The molecule has 3 rings (SSSR count). The molecule has 66 heavy (non-hydrogen) atoms. The van der Waals surface area contributed by atoms with Crippen LogP contribution in [-0.4, -0.2) is 58.3 Å². The molecule has 0 heterocycles. The van der Waals surface area contributed by atoms with E-state index in [0.717, 1.165) is 73.6 Å². The minimum Gasteiger partial charge on any atom is -0.325 e. The van der Waals surface area contributed by atoms with Crippen LogP contribution in [0.5, 0.6) is 0 Å². The lowest BCUT2D eigenvalue weighted by atomic mass is 9.72. The highest BCUT2D eigenvalue weighted by molar-refractivity contribution is 6.63. The Kier molecular flexibility index (Phi) is 25.1. The standard InChI is InChI=1S/C58H88Cl2N2O4/c1-11-13-15-17-19-21-23-25-27-29-39-61(55(59)65)41-49-51(43(3)45-31-35-47(36-32-45)57(5,6)7)54(64)50(42-62(56(60)66)40-30-28-26-24-22-20-18-16-14-12-2)52(53(49)63)44(4)46-33-37-48(38-34-46)58(8,9)10/h31-38,43-44H,11-30,39-42H2,1-10H3. The van der Waals surface area contributed by atoms with Gasteiger partial charge in [0.05, 0.1) is 13.1 Å². The Morgan fingerprint density at radius 3 is 0.955 bits per heavy atom. The zero-order chi connectivity index (χ0) is 48.9. The van der Waals surface area contributed by atoms with Crippen LogP contribution in [0.4, 0.5) is 9.59 Å². The number of ketones is 2. The highest BCUT2D eigenvalue weighted by Gasteiger charge is 2.41. The summed E-state index contributed by atoms with van der Waals surface area (Å²) in [7, 11) is 0. The van der Waals surface area contributed by atoms with Gasteiger partial charge in [-0.15, -0.1) is 0 Å². The van der Waals surface area contributed by atoms with Gasteiger partial charge in [0, 0.05) is 47.2 Å². The zero-order valence-corrected chi connectivity index (χ0v) is 44.5. The van der Waals surface area contributed by atoms with Crippen LogP contribution in [-0.2, 0) is 20.4 Å². The van der Waals surface area contributed by atoms with E-state index in [0.29, 0.717) is 35.4 Å². The number of nitrogens with zero attached hydrogens (tertiary/aromatic N) is 2. The summed E-state index contributed by atoms with van der Waals surface area (Å²) in [6.45, 7) is 22.0. The average molecular weight is 948 g/mol. The van der Waals surface area contributed by atoms with Gasteiger partial charge in [-0.05, 0) is 69.1 Å². The molecule has 2 unspecified atom stereocenters. The number of benzene rings is 2. The Balaban J connectivity index is 2.06. The van der Waals surface area contributed by atoms with Crippen molar-refractivity contribution in [3.8, 4) is 0 Å². The van der Waals surface area contributed by atoms with Crippen molar-refractivity contribution in [2.75, 3.05) is 26.2 Å². The Bertz CT molecular complexity index is 1750. The Labute approximate surface area is 412 Å². The fourth-order valence-corrected chi connectivity index (χ4v) is 9.66. The topological polar surface area (TPSA) is 74.8 Å². The zero-order valence-electron chi connectivity index (χ0n) is 43.0. The largest absolute Gasteiger partial charge is 0.325 e. The van der Waals surface area contributed by atoms with Crippen LogP contribution in [0.3, 0.4) is 0 Å². The van der Waals surface area contributed by atoms with E-state index in [1.54, 1.807) is 0 Å². The Morgan fingerprint density at radius 1 is 0.455 bits per heavy atom. The second kappa shape index (κ2) is 29.0. The number of amides is 2. The van der Waals surface area contributed by atoms with Gasteiger partial charge in [-0.1, -0.05) is 233 Å². The molecule has 0 spiro atoms. The SMILES string of the molecule is CCCCCCCCCCCCN(CC1=C(C(C)c2ccc(C(C)(C)C)cc2)C(=O)C(CN(CCCCCCCCCCCC)C(=O)Cl)=C(C(C)c2ccc(C(C)(C)C)cc2)C1=O)C(=O)Cl. The molecule has 0 aliphatic heterocycles. The average Bonchev–Trinajstić information content (AvgIpc) is 3.27. The number of carbonyl (C=O) groups excluding carboxylic acids is 4. The van der Waals surface area contributed by atoms with Gasteiger partial charge in [0.2, 0.25) is 0 Å². The van der Waals surface area contributed by atoms with Crippen molar-refractivity contribution in [2.45, 2.75) is 220 Å². The second-order valence-electron chi connectivity index (χ2n) is 21.3. The van der Waals surface area contributed by atoms with Gasteiger partial charge in [0.1, 0.15) is 0 Å². The van der Waals surface area contributed by atoms with Crippen LogP contribution >= 0.6 is 23.2 Å². The number of Topliss-reactive ketones (excluding diaryl/α,β-unsaturated/α-hetero) is 2. The summed E-state index contributed by atoms with van der Waals surface area (Å²) in [6.07, 6.45) is 23.0. The summed E-state index contributed by atoms with van der Waals surface area (Å²) < 4.78 is 0. The molecule has 1 aliphatic carbocycles. The summed E-state index contributed by atoms with van der Waals surface area (Å²) >= 11 is 12.7. The van der Waals surface area contributed by atoms with Gasteiger partial charge in [0.15, 0.2) is 11.6 Å². The van der Waals surface area contributed by atoms with Crippen LogP contribution in [0, 0.1) is 0 Å². The fraction of sp³-hybridized carbons (Fsp3) is 0.655. The molecule has 1 aliphatic rings. The van der Waals surface area contributed by atoms with E-state index in [-0.39, 0.29) is 35.5 Å². The molecule has 8 heteroatoms. The molecule has 0 N–H and O–H groups in total. The summed E-state index contributed by atoms with van der Waals surface area (Å²) in [5.41, 5.74) is 5.24. The summed E-state index contributed by atoms with van der Waals surface area (Å²) in [5.74, 6) is -1.54. The molecule has 2 aromatic carbocycles. The minimum absolute atomic E-state index is 0.0729. The van der Waals surface area contributed by atoms with Crippen molar-refractivity contribution in [3.63, 3.8) is 0 Å². The minimum atomic E-state index is -0.641. The molecular weight excluding hydrogens is 860 g/mol. The van der Waals surface area contributed by atoms with Crippen LogP contribution < -0.4 is 0 Å². The summed E-state index contributed by atoms with van der Waals surface area (Å²) in [5, 5.41) is -1.28. The molecule has 2 amide bonds. The van der Waals surface area contributed by atoms with Crippen LogP contribution in [0.2, 0.25) is 0 Å². The maximum Gasteiger partial charge on any atom is 0.316 e. The van der Waals surface area contributed by atoms with Gasteiger partial charge in [-0.2, -0.15) is 0 Å². The van der Waals surface area contributed by atoms with Crippen LogP contribution in [0.1, 0.15) is 232 Å². The molecule has 0 aromatic heterocycles. The van der Waals surface area contributed by atoms with E-state index in [2.05, 4.69) is 79.7 Å². The van der Waals surface area contributed by atoms with E-state index >= 15 is 9.59 Å². The number of allylic oxidation sites excluding steroid dienone is 2. The van der Waals surface area contributed by atoms with Crippen LogP contribution in [0.15, 0.2) is 70.8 Å².